The van der Waals surface area contributed by atoms with Crippen LogP contribution in [-0.4, -0.2) is 30.3 Å². The van der Waals surface area contributed by atoms with Crippen molar-refractivity contribution >= 4 is 12.0 Å². The summed E-state index contributed by atoms with van der Waals surface area (Å²) in [7, 11) is 0. The van der Waals surface area contributed by atoms with E-state index in [2.05, 4.69) is 17.2 Å². The van der Waals surface area contributed by atoms with E-state index in [0.29, 0.717) is 18.6 Å². The topological polar surface area (TPSA) is 96.9 Å². The van der Waals surface area contributed by atoms with Gasteiger partial charge in [0.25, 0.3) is 0 Å². The molecule has 0 spiro atoms. The lowest BCUT2D eigenvalue weighted by atomic mass is 9.89. The van der Waals surface area contributed by atoms with Crippen molar-refractivity contribution < 1.29 is 24.2 Å². The summed E-state index contributed by atoms with van der Waals surface area (Å²) in [5.74, 6) is -1.05. The number of urea groups is 1. The van der Waals surface area contributed by atoms with Gasteiger partial charge in [-0.05, 0) is 30.2 Å². The Labute approximate surface area is 169 Å². The zero-order valence-corrected chi connectivity index (χ0v) is 16.2. The first-order valence-electron chi connectivity index (χ1n) is 9.42. The number of phenols is 1. The van der Waals surface area contributed by atoms with E-state index < -0.39 is 24.0 Å². The number of rotatable bonds is 7. The maximum Gasteiger partial charge on any atom is 0.319 e. The van der Waals surface area contributed by atoms with Gasteiger partial charge in [-0.1, -0.05) is 43.0 Å². The number of esters is 1. The molecule has 2 atom stereocenters. The molecule has 2 amide bonds. The summed E-state index contributed by atoms with van der Waals surface area (Å²) in [6.45, 7) is 6.21. The van der Waals surface area contributed by atoms with Crippen LogP contribution >= 0.6 is 0 Å². The highest BCUT2D eigenvalue weighted by Gasteiger charge is 2.39. The van der Waals surface area contributed by atoms with Gasteiger partial charge >= 0.3 is 12.0 Å². The van der Waals surface area contributed by atoms with Gasteiger partial charge in [-0.3, -0.25) is 4.79 Å². The highest BCUT2D eigenvalue weighted by molar-refractivity contribution is 5.85. The van der Waals surface area contributed by atoms with E-state index in [9.17, 15) is 14.7 Å². The number of ether oxygens (including phenoxy) is 2. The van der Waals surface area contributed by atoms with Crippen molar-refractivity contribution in [2.24, 2.45) is 5.92 Å². The van der Waals surface area contributed by atoms with Crippen LogP contribution in [0.15, 0.2) is 60.8 Å². The molecule has 2 unspecified atom stereocenters. The molecule has 7 heteroatoms. The first-order chi connectivity index (χ1) is 14.0. The third-order valence-electron chi connectivity index (χ3n) is 4.64. The van der Waals surface area contributed by atoms with E-state index >= 15 is 0 Å². The lowest BCUT2D eigenvalue weighted by Crippen LogP contribution is -2.51. The Morgan fingerprint density at radius 2 is 1.97 bits per heavy atom. The zero-order chi connectivity index (χ0) is 20.8. The number of aromatic hydroxyl groups is 1. The van der Waals surface area contributed by atoms with E-state index in [0.717, 1.165) is 5.56 Å². The van der Waals surface area contributed by atoms with Crippen LogP contribution in [0.25, 0.3) is 0 Å². The zero-order valence-electron chi connectivity index (χ0n) is 16.2. The van der Waals surface area contributed by atoms with Gasteiger partial charge in [0.15, 0.2) is 11.5 Å². The monoisotopic (exact) mass is 396 g/mol. The first kappa shape index (κ1) is 20.3. The van der Waals surface area contributed by atoms with Crippen LogP contribution in [0.3, 0.4) is 0 Å². The number of hydrogen-bond acceptors (Lipinski definition) is 5. The van der Waals surface area contributed by atoms with Crippen molar-refractivity contribution in [3.8, 4) is 11.5 Å². The van der Waals surface area contributed by atoms with Gasteiger partial charge in [-0.15, -0.1) is 0 Å². The number of carbonyl (C=O) groups is 2. The van der Waals surface area contributed by atoms with Crippen molar-refractivity contribution in [1.82, 2.24) is 10.6 Å². The van der Waals surface area contributed by atoms with E-state index in [1.54, 1.807) is 19.1 Å². The van der Waals surface area contributed by atoms with Gasteiger partial charge in [0.05, 0.1) is 19.3 Å². The predicted octanol–water partition coefficient (Wildman–Crippen LogP) is 3.06. The molecule has 1 aliphatic heterocycles. The average Bonchev–Trinajstić information content (AvgIpc) is 2.70. The van der Waals surface area contributed by atoms with Crippen LogP contribution in [0.2, 0.25) is 0 Å². The van der Waals surface area contributed by atoms with Crippen LogP contribution in [0.1, 0.15) is 24.1 Å². The molecule has 3 rings (SSSR count). The molecule has 0 radical (unpaired) electrons. The maximum absolute atomic E-state index is 12.8. The SMILES string of the molecule is C=C1NC(=O)NC(c2ccc(O)c(OCC)c2)C1C(=O)OCCc1ccccc1. The van der Waals surface area contributed by atoms with Crippen LogP contribution in [0.4, 0.5) is 4.79 Å². The summed E-state index contributed by atoms with van der Waals surface area (Å²) in [6.07, 6.45) is 0.587. The van der Waals surface area contributed by atoms with Gasteiger partial charge in [0.1, 0.15) is 5.92 Å². The number of hydrogen-bond donors (Lipinski definition) is 3. The summed E-state index contributed by atoms with van der Waals surface area (Å²) in [6, 6.07) is 13.3. The third kappa shape index (κ3) is 4.87. The highest BCUT2D eigenvalue weighted by Crippen LogP contribution is 2.35. The summed E-state index contributed by atoms with van der Waals surface area (Å²) >= 11 is 0. The van der Waals surface area contributed by atoms with E-state index in [-0.39, 0.29) is 23.8 Å². The standard InChI is InChI=1S/C22H24N2O5/c1-3-28-18-13-16(9-10-17(18)25)20-19(14(2)23-22(27)24-20)21(26)29-12-11-15-7-5-4-6-8-15/h4-10,13,19-20,25H,2-3,11-12H2,1H3,(H2,23,24,27). The van der Waals surface area contributed by atoms with Gasteiger partial charge < -0.3 is 25.2 Å². The minimum atomic E-state index is -0.817. The molecule has 7 nitrogen and oxygen atoms in total. The number of benzene rings is 2. The molecule has 0 aromatic heterocycles. The smallest absolute Gasteiger partial charge is 0.319 e. The second-order valence-electron chi connectivity index (χ2n) is 6.64. The summed E-state index contributed by atoms with van der Waals surface area (Å²) < 4.78 is 10.9. The highest BCUT2D eigenvalue weighted by atomic mass is 16.5. The average molecular weight is 396 g/mol. The summed E-state index contributed by atoms with van der Waals surface area (Å²) in [5.41, 5.74) is 1.92. The van der Waals surface area contributed by atoms with E-state index in [1.807, 2.05) is 30.3 Å². The number of amides is 2. The third-order valence-corrected chi connectivity index (χ3v) is 4.64. The number of nitrogens with one attached hydrogen (secondary N) is 2. The molecule has 2 aromatic rings. The number of carbonyl (C=O) groups excluding carboxylic acids is 2. The van der Waals surface area contributed by atoms with E-state index in [1.165, 1.54) is 6.07 Å². The molecule has 0 saturated carbocycles. The van der Waals surface area contributed by atoms with E-state index in [4.69, 9.17) is 9.47 Å². The summed E-state index contributed by atoms with van der Waals surface area (Å²) in [4.78, 5) is 24.8. The molecular weight excluding hydrogens is 372 g/mol. The Morgan fingerprint density at radius 1 is 1.21 bits per heavy atom. The molecule has 29 heavy (non-hydrogen) atoms. The predicted molar refractivity (Wildman–Crippen MR) is 107 cm³/mol. The van der Waals surface area contributed by atoms with Crippen molar-refractivity contribution in [3.05, 3.63) is 71.9 Å². The molecule has 0 bridgehead atoms. The first-order valence-corrected chi connectivity index (χ1v) is 9.42. The van der Waals surface area contributed by atoms with Gasteiger partial charge in [-0.2, -0.15) is 0 Å². The summed E-state index contributed by atoms with van der Waals surface area (Å²) in [5, 5.41) is 15.2. The van der Waals surface area contributed by atoms with Crippen LogP contribution < -0.4 is 15.4 Å². The van der Waals surface area contributed by atoms with Crippen LogP contribution in [-0.2, 0) is 16.0 Å². The molecule has 1 heterocycles. The van der Waals surface area contributed by atoms with Gasteiger partial charge in [-0.25, -0.2) is 4.79 Å². The van der Waals surface area contributed by atoms with Gasteiger partial charge in [0, 0.05) is 12.1 Å². The van der Waals surface area contributed by atoms with Crippen LogP contribution in [0.5, 0.6) is 11.5 Å². The molecule has 3 N–H and O–H groups in total. The molecule has 2 aromatic carbocycles. The second kappa shape index (κ2) is 9.14. The normalized spacial score (nSPS) is 18.5. The van der Waals surface area contributed by atoms with Crippen LogP contribution in [0, 0.1) is 5.92 Å². The molecule has 1 aliphatic rings. The fourth-order valence-corrected chi connectivity index (χ4v) is 3.24. The molecule has 152 valence electrons. The molecule has 1 saturated heterocycles. The minimum Gasteiger partial charge on any atom is -0.504 e. The fourth-order valence-electron chi connectivity index (χ4n) is 3.24. The largest absolute Gasteiger partial charge is 0.504 e. The Morgan fingerprint density at radius 3 is 2.69 bits per heavy atom. The molecule has 0 aliphatic carbocycles. The lowest BCUT2D eigenvalue weighted by molar-refractivity contribution is -0.148. The Bertz CT molecular complexity index is 897. The molecule has 1 fully saturated rings. The van der Waals surface area contributed by atoms with Crippen molar-refractivity contribution in [3.63, 3.8) is 0 Å². The van der Waals surface area contributed by atoms with Gasteiger partial charge in [0.2, 0.25) is 0 Å². The lowest BCUT2D eigenvalue weighted by Gasteiger charge is -2.33. The minimum absolute atomic E-state index is 0.0170. The van der Waals surface area contributed by atoms with Crippen molar-refractivity contribution in [2.45, 2.75) is 19.4 Å². The maximum atomic E-state index is 12.8. The Balaban J connectivity index is 1.77. The van der Waals surface area contributed by atoms with Crippen molar-refractivity contribution in [1.29, 1.82) is 0 Å². The second-order valence-corrected chi connectivity index (χ2v) is 6.64. The number of phenolic OH excluding ortho intramolecular Hbond substituents is 1. The molecular formula is C22H24N2O5. The quantitative estimate of drug-likeness (QED) is 0.625. The Kier molecular flexibility index (Phi) is 6.39. The fraction of sp³-hybridized carbons (Fsp3) is 0.273. The van der Waals surface area contributed by atoms with Crippen molar-refractivity contribution in [2.75, 3.05) is 13.2 Å². The Hall–Kier alpha value is -3.48.